The Morgan fingerprint density at radius 3 is 2.32 bits per heavy atom. The van der Waals surface area contributed by atoms with Gasteiger partial charge in [-0.1, -0.05) is 20.3 Å². The molecule has 3 amide bonds. The van der Waals surface area contributed by atoms with Crippen LogP contribution in [0, 0.1) is 5.92 Å². The second-order valence-electron chi connectivity index (χ2n) is 8.68. The van der Waals surface area contributed by atoms with Crippen LogP contribution >= 0.6 is 0 Å². The number of nitrogens with zero attached hydrogens (tertiary/aromatic N) is 2. The van der Waals surface area contributed by atoms with E-state index in [1.54, 1.807) is 0 Å². The first-order valence-corrected chi connectivity index (χ1v) is 11.5. The Morgan fingerprint density at radius 2 is 1.79 bits per heavy atom. The lowest BCUT2D eigenvalue weighted by atomic mass is 9.98. The lowest BCUT2D eigenvalue weighted by molar-refractivity contribution is -0.150. The molecule has 10 N–H and O–H groups in total. The Labute approximate surface area is 199 Å². The predicted octanol–water partition coefficient (Wildman–Crippen LogP) is -2.16. The normalized spacial score (nSPS) is 19.9. The first-order valence-electron chi connectivity index (χ1n) is 11.5. The summed E-state index contributed by atoms with van der Waals surface area (Å²) >= 11 is 0. The number of carboxylic acids is 1. The number of hydrogen-bond acceptors (Lipinski definition) is 7. The molecule has 1 rings (SSSR count). The molecule has 0 aliphatic carbocycles. The zero-order valence-corrected chi connectivity index (χ0v) is 20.1. The van der Waals surface area contributed by atoms with Crippen LogP contribution in [0.25, 0.3) is 0 Å². The van der Waals surface area contributed by atoms with Crippen LogP contribution < -0.4 is 27.8 Å². The highest BCUT2D eigenvalue weighted by molar-refractivity contribution is 5.94. The van der Waals surface area contributed by atoms with Gasteiger partial charge in [0, 0.05) is 13.1 Å². The first-order chi connectivity index (χ1) is 15.9. The molecule has 1 saturated heterocycles. The van der Waals surface area contributed by atoms with Gasteiger partial charge in [0.05, 0.1) is 12.1 Å². The third kappa shape index (κ3) is 8.45. The fraction of sp³-hybridized carbons (Fsp3) is 0.762. The topological polar surface area (TPSA) is 226 Å². The second-order valence-corrected chi connectivity index (χ2v) is 8.68. The maximum absolute atomic E-state index is 13.1. The Bertz CT molecular complexity index is 756. The molecule has 0 spiro atoms. The number of nitrogens with one attached hydrogen (secondary N) is 2. The highest BCUT2D eigenvalue weighted by atomic mass is 16.4. The summed E-state index contributed by atoms with van der Waals surface area (Å²) in [5, 5.41) is 24.6. The summed E-state index contributed by atoms with van der Waals surface area (Å²) in [6, 6.07) is -4.31. The molecule has 194 valence electrons. The lowest BCUT2D eigenvalue weighted by Crippen LogP contribution is -2.60. The van der Waals surface area contributed by atoms with E-state index in [1.165, 1.54) is 6.92 Å². The SMILES string of the molecule is CCC(C)C(N)C(=O)NC(CCCN=C(N)N)C(=O)NC(C(=O)N1CCCC1C(=O)O)C(C)O. The molecule has 34 heavy (non-hydrogen) atoms. The van der Waals surface area contributed by atoms with Crippen molar-refractivity contribution in [3.63, 3.8) is 0 Å². The number of rotatable bonds is 13. The van der Waals surface area contributed by atoms with Crippen molar-refractivity contribution in [1.82, 2.24) is 15.5 Å². The van der Waals surface area contributed by atoms with Crippen molar-refractivity contribution in [2.45, 2.75) is 83.1 Å². The molecule has 6 unspecified atom stereocenters. The van der Waals surface area contributed by atoms with Crippen molar-refractivity contribution in [3.05, 3.63) is 0 Å². The summed E-state index contributed by atoms with van der Waals surface area (Å²) in [4.78, 5) is 55.1. The minimum Gasteiger partial charge on any atom is -0.480 e. The molecule has 1 heterocycles. The van der Waals surface area contributed by atoms with Gasteiger partial charge in [0.2, 0.25) is 17.7 Å². The van der Waals surface area contributed by atoms with E-state index in [9.17, 15) is 29.4 Å². The van der Waals surface area contributed by atoms with Crippen LogP contribution in [0.1, 0.15) is 52.9 Å². The minimum absolute atomic E-state index is 0.109. The Morgan fingerprint density at radius 1 is 1.15 bits per heavy atom. The zero-order valence-electron chi connectivity index (χ0n) is 20.1. The van der Waals surface area contributed by atoms with Gasteiger partial charge in [-0.05, 0) is 38.5 Å². The molecule has 0 radical (unpaired) electrons. The average Bonchev–Trinajstić information content (AvgIpc) is 3.27. The van der Waals surface area contributed by atoms with Gasteiger partial charge in [0.25, 0.3) is 0 Å². The molecular weight excluding hydrogens is 446 g/mol. The van der Waals surface area contributed by atoms with Gasteiger partial charge >= 0.3 is 5.97 Å². The number of carbonyl (C=O) groups is 4. The molecule has 1 aliphatic heterocycles. The monoisotopic (exact) mass is 485 g/mol. The summed E-state index contributed by atoms with van der Waals surface area (Å²) in [5.41, 5.74) is 16.6. The van der Waals surface area contributed by atoms with Crippen molar-refractivity contribution in [2.75, 3.05) is 13.1 Å². The summed E-state index contributed by atoms with van der Waals surface area (Å²) in [6.45, 7) is 5.44. The molecule has 1 aliphatic rings. The third-order valence-electron chi connectivity index (χ3n) is 6.01. The van der Waals surface area contributed by atoms with E-state index in [2.05, 4.69) is 15.6 Å². The minimum atomic E-state index is -1.38. The number of hydrogen-bond donors (Lipinski definition) is 7. The molecule has 13 heteroatoms. The van der Waals surface area contributed by atoms with Gasteiger partial charge in [-0.25, -0.2) is 4.79 Å². The van der Waals surface area contributed by atoms with Gasteiger partial charge in [0.1, 0.15) is 18.1 Å². The van der Waals surface area contributed by atoms with E-state index in [1.807, 2.05) is 13.8 Å². The smallest absolute Gasteiger partial charge is 0.326 e. The van der Waals surface area contributed by atoms with Crippen molar-refractivity contribution < 1.29 is 29.4 Å². The molecule has 13 nitrogen and oxygen atoms in total. The van der Waals surface area contributed by atoms with Gasteiger partial charge in [0.15, 0.2) is 5.96 Å². The van der Waals surface area contributed by atoms with Gasteiger partial charge in [-0.15, -0.1) is 0 Å². The lowest BCUT2D eigenvalue weighted by Gasteiger charge is -2.30. The molecular formula is C21H39N7O6. The van der Waals surface area contributed by atoms with Crippen molar-refractivity contribution in [3.8, 4) is 0 Å². The highest BCUT2D eigenvalue weighted by Gasteiger charge is 2.40. The largest absolute Gasteiger partial charge is 0.480 e. The number of nitrogens with two attached hydrogens (primary N) is 3. The number of aliphatic carboxylic acids is 1. The van der Waals surface area contributed by atoms with Crippen molar-refractivity contribution in [1.29, 1.82) is 0 Å². The van der Waals surface area contributed by atoms with Crippen LogP contribution in [-0.4, -0.2) is 88.1 Å². The molecule has 0 aromatic heterocycles. The standard InChI is InChI=1S/C21H39N7O6/c1-4-11(2)15(22)18(31)26-13(7-5-9-25-21(23)24)17(30)27-16(12(3)29)19(32)28-10-6-8-14(28)20(33)34/h11-16,29H,4-10,22H2,1-3H3,(H,26,31)(H,27,30)(H,33,34)(H4,23,24,25). The number of likely N-dealkylation sites (tertiary alicyclic amines) is 1. The van der Waals surface area contributed by atoms with E-state index >= 15 is 0 Å². The van der Waals surface area contributed by atoms with E-state index < -0.39 is 54.0 Å². The number of aliphatic hydroxyl groups excluding tert-OH is 1. The van der Waals surface area contributed by atoms with E-state index in [0.717, 1.165) is 4.90 Å². The maximum Gasteiger partial charge on any atom is 0.326 e. The van der Waals surface area contributed by atoms with Crippen molar-refractivity contribution >= 4 is 29.7 Å². The summed E-state index contributed by atoms with van der Waals surface area (Å²) in [6.07, 6.45) is 0.638. The number of aliphatic imine (C=N–C) groups is 1. The van der Waals surface area contributed by atoms with Gasteiger partial charge in [-0.2, -0.15) is 0 Å². The number of carboxylic acid groups (broad SMARTS) is 1. The molecule has 0 saturated carbocycles. The Hall–Kier alpha value is -2.93. The summed E-state index contributed by atoms with van der Waals surface area (Å²) in [7, 11) is 0. The van der Waals surface area contributed by atoms with Crippen LogP contribution in [0.4, 0.5) is 0 Å². The third-order valence-corrected chi connectivity index (χ3v) is 6.01. The Kier molecular flexibility index (Phi) is 11.7. The van der Waals surface area contributed by atoms with Crippen LogP contribution in [0.5, 0.6) is 0 Å². The molecule has 1 fully saturated rings. The fourth-order valence-electron chi connectivity index (χ4n) is 3.66. The second kappa shape index (κ2) is 13.7. The van der Waals surface area contributed by atoms with Crippen LogP contribution in [0.15, 0.2) is 4.99 Å². The van der Waals surface area contributed by atoms with Crippen LogP contribution in [0.3, 0.4) is 0 Å². The molecule has 0 bridgehead atoms. The van der Waals surface area contributed by atoms with Crippen LogP contribution in [-0.2, 0) is 19.2 Å². The highest BCUT2D eigenvalue weighted by Crippen LogP contribution is 2.19. The van der Waals surface area contributed by atoms with Gasteiger partial charge in [-0.3, -0.25) is 19.4 Å². The number of carbonyl (C=O) groups excluding carboxylic acids is 3. The molecule has 0 aromatic rings. The average molecular weight is 486 g/mol. The maximum atomic E-state index is 13.1. The quantitative estimate of drug-likeness (QED) is 0.0854. The van der Waals surface area contributed by atoms with Gasteiger partial charge < -0.3 is 42.9 Å². The van der Waals surface area contributed by atoms with Crippen molar-refractivity contribution in [2.24, 2.45) is 28.1 Å². The van der Waals surface area contributed by atoms with Crippen LogP contribution in [0.2, 0.25) is 0 Å². The van der Waals surface area contributed by atoms with E-state index in [-0.39, 0.29) is 31.4 Å². The fourth-order valence-corrected chi connectivity index (χ4v) is 3.66. The summed E-state index contributed by atoms with van der Waals surface area (Å²) < 4.78 is 0. The number of aliphatic hydroxyl groups is 1. The number of guanidine groups is 1. The first kappa shape index (κ1) is 29.1. The van der Waals surface area contributed by atoms with E-state index in [0.29, 0.717) is 25.7 Å². The zero-order chi connectivity index (χ0) is 26.0. The molecule has 6 atom stereocenters. The molecule has 0 aromatic carbocycles. The predicted molar refractivity (Wildman–Crippen MR) is 125 cm³/mol. The summed E-state index contributed by atoms with van der Waals surface area (Å²) in [5.74, 6) is -3.32. The Balaban J connectivity index is 3.00. The van der Waals surface area contributed by atoms with E-state index in [4.69, 9.17) is 17.2 Å². The number of amides is 3.